The van der Waals surface area contributed by atoms with Crippen LogP contribution in [0.1, 0.15) is 0 Å². The Bertz CT molecular complexity index is 561. The number of nitrogens with two attached hydrogens (primary N) is 1. The standard InChI is InChI=1S/C8H9BrFN3O3S/c1-12-8(14)13-17(15,16)7-3-6(11)5(10)2-4(7)9/h2-3H,11H2,1H3,(H2,12,13,14). The molecule has 0 fully saturated rings. The molecule has 0 saturated carbocycles. The third-order valence-corrected chi connectivity index (χ3v) is 4.08. The van der Waals surface area contributed by atoms with Gasteiger partial charge in [0.25, 0.3) is 10.0 Å². The lowest BCUT2D eigenvalue weighted by molar-refractivity contribution is 0.248. The zero-order valence-corrected chi connectivity index (χ0v) is 11.0. The molecule has 0 aliphatic rings. The molecule has 6 nitrogen and oxygen atoms in total. The number of nitrogen functional groups attached to an aromatic ring is 1. The van der Waals surface area contributed by atoms with E-state index in [-0.39, 0.29) is 15.1 Å². The Balaban J connectivity index is 3.25. The summed E-state index contributed by atoms with van der Waals surface area (Å²) in [7, 11) is -2.83. The predicted octanol–water partition coefficient (Wildman–Crippen LogP) is 0.788. The molecule has 0 saturated heterocycles. The van der Waals surface area contributed by atoms with Crippen molar-refractivity contribution in [3.05, 3.63) is 22.4 Å². The first-order valence-corrected chi connectivity index (χ1v) is 6.54. The van der Waals surface area contributed by atoms with E-state index in [1.165, 1.54) is 7.05 Å². The molecule has 0 heterocycles. The minimum atomic E-state index is -4.10. The monoisotopic (exact) mass is 325 g/mol. The van der Waals surface area contributed by atoms with E-state index in [2.05, 4.69) is 21.2 Å². The number of hydrogen-bond acceptors (Lipinski definition) is 4. The molecule has 0 spiro atoms. The quantitative estimate of drug-likeness (QED) is 0.699. The first kappa shape index (κ1) is 13.7. The lowest BCUT2D eigenvalue weighted by Gasteiger charge is -2.09. The fraction of sp³-hybridized carbons (Fsp3) is 0.125. The van der Waals surface area contributed by atoms with Crippen LogP contribution in [0.2, 0.25) is 0 Å². The van der Waals surface area contributed by atoms with Crippen molar-refractivity contribution in [2.75, 3.05) is 12.8 Å². The zero-order chi connectivity index (χ0) is 13.2. The van der Waals surface area contributed by atoms with E-state index in [9.17, 15) is 17.6 Å². The second kappa shape index (κ2) is 4.88. The Morgan fingerprint density at radius 1 is 1.47 bits per heavy atom. The van der Waals surface area contributed by atoms with E-state index < -0.39 is 21.9 Å². The highest BCUT2D eigenvalue weighted by molar-refractivity contribution is 9.10. The van der Waals surface area contributed by atoms with Gasteiger partial charge in [0, 0.05) is 11.5 Å². The van der Waals surface area contributed by atoms with Gasteiger partial charge in [-0.15, -0.1) is 0 Å². The summed E-state index contributed by atoms with van der Waals surface area (Å²) in [6, 6.07) is 0.929. The summed E-state index contributed by atoms with van der Waals surface area (Å²) in [5.74, 6) is -0.754. The predicted molar refractivity (Wildman–Crippen MR) is 63.3 cm³/mol. The van der Waals surface area contributed by atoms with Crippen molar-refractivity contribution < 1.29 is 17.6 Å². The van der Waals surface area contributed by atoms with Crippen LogP contribution in [0.3, 0.4) is 0 Å². The van der Waals surface area contributed by atoms with Crippen molar-refractivity contribution in [2.45, 2.75) is 4.90 Å². The van der Waals surface area contributed by atoms with Crippen molar-refractivity contribution in [3.8, 4) is 0 Å². The van der Waals surface area contributed by atoms with E-state index in [4.69, 9.17) is 5.73 Å². The van der Waals surface area contributed by atoms with Crippen LogP contribution in [0.25, 0.3) is 0 Å². The Kier molecular flexibility index (Phi) is 3.94. The molecule has 94 valence electrons. The smallest absolute Gasteiger partial charge is 0.328 e. The van der Waals surface area contributed by atoms with Gasteiger partial charge in [0.2, 0.25) is 0 Å². The molecule has 0 aliphatic heterocycles. The third-order valence-electron chi connectivity index (χ3n) is 1.79. The van der Waals surface area contributed by atoms with E-state index in [0.717, 1.165) is 12.1 Å². The Morgan fingerprint density at radius 2 is 2.06 bits per heavy atom. The maximum atomic E-state index is 13.0. The van der Waals surface area contributed by atoms with E-state index in [1.807, 2.05) is 0 Å². The van der Waals surface area contributed by atoms with Crippen molar-refractivity contribution in [2.24, 2.45) is 0 Å². The normalized spacial score (nSPS) is 11.0. The third kappa shape index (κ3) is 3.07. The number of nitrogens with one attached hydrogen (secondary N) is 2. The van der Waals surface area contributed by atoms with Gasteiger partial charge in [-0.1, -0.05) is 0 Å². The van der Waals surface area contributed by atoms with Crippen LogP contribution in [-0.4, -0.2) is 21.5 Å². The van der Waals surface area contributed by atoms with Crippen LogP contribution in [0, 0.1) is 5.82 Å². The van der Waals surface area contributed by atoms with Crippen LogP contribution in [0.5, 0.6) is 0 Å². The van der Waals surface area contributed by atoms with E-state index in [0.29, 0.717) is 0 Å². The van der Waals surface area contributed by atoms with Gasteiger partial charge in [-0.3, -0.25) is 0 Å². The second-order valence-corrected chi connectivity index (χ2v) is 5.49. The lowest BCUT2D eigenvalue weighted by atomic mass is 10.3. The van der Waals surface area contributed by atoms with E-state index >= 15 is 0 Å². The molecular weight excluding hydrogens is 317 g/mol. The van der Waals surface area contributed by atoms with Crippen LogP contribution >= 0.6 is 15.9 Å². The summed E-state index contributed by atoms with van der Waals surface area (Å²) in [6.07, 6.45) is 0. The molecule has 17 heavy (non-hydrogen) atoms. The number of carbonyl (C=O) groups excluding carboxylic acids is 1. The van der Waals surface area contributed by atoms with Gasteiger partial charge in [0.1, 0.15) is 10.7 Å². The first-order valence-electron chi connectivity index (χ1n) is 4.27. The van der Waals surface area contributed by atoms with E-state index in [1.54, 1.807) is 4.72 Å². The molecule has 2 amide bonds. The SMILES string of the molecule is CNC(=O)NS(=O)(=O)c1cc(N)c(F)cc1Br. The molecule has 0 radical (unpaired) electrons. The largest absolute Gasteiger partial charge is 0.396 e. The number of urea groups is 1. The number of hydrogen-bond donors (Lipinski definition) is 3. The summed E-state index contributed by atoms with van der Waals surface area (Å²) in [4.78, 5) is 10.6. The highest BCUT2D eigenvalue weighted by Gasteiger charge is 2.21. The summed E-state index contributed by atoms with van der Waals surface area (Å²) in [5.41, 5.74) is 4.93. The number of anilines is 1. The average molecular weight is 326 g/mol. The number of halogens is 2. The number of carbonyl (C=O) groups is 1. The van der Waals surface area contributed by atoms with Gasteiger partial charge in [-0.25, -0.2) is 22.3 Å². The van der Waals surface area contributed by atoms with Crippen LogP contribution < -0.4 is 15.8 Å². The summed E-state index contributed by atoms with van der Waals surface area (Å²) >= 11 is 2.88. The Hall–Kier alpha value is -1.35. The van der Waals surface area contributed by atoms with Crippen LogP contribution in [0.4, 0.5) is 14.9 Å². The fourth-order valence-electron chi connectivity index (χ4n) is 0.979. The number of amides is 2. The minimum Gasteiger partial charge on any atom is -0.396 e. The fourth-order valence-corrected chi connectivity index (χ4v) is 2.99. The second-order valence-electron chi connectivity index (χ2n) is 2.99. The molecule has 9 heteroatoms. The molecular formula is C8H9BrFN3O3S. The van der Waals surface area contributed by atoms with Gasteiger partial charge in [0.05, 0.1) is 5.69 Å². The van der Waals surface area contributed by atoms with Gasteiger partial charge >= 0.3 is 6.03 Å². The number of rotatable bonds is 2. The number of sulfonamides is 1. The lowest BCUT2D eigenvalue weighted by Crippen LogP contribution is -2.37. The molecule has 4 N–H and O–H groups in total. The first-order chi connectivity index (χ1) is 7.77. The molecule has 0 bridgehead atoms. The minimum absolute atomic E-state index is 0.0272. The Labute approximate surface area is 106 Å². The molecule has 0 atom stereocenters. The summed E-state index contributed by atoms with van der Waals surface area (Å²) in [6.45, 7) is 0. The average Bonchev–Trinajstić information content (AvgIpc) is 2.22. The van der Waals surface area contributed by atoms with Crippen molar-refractivity contribution in [3.63, 3.8) is 0 Å². The van der Waals surface area contributed by atoms with Gasteiger partial charge < -0.3 is 11.1 Å². The molecule has 1 rings (SSSR count). The summed E-state index contributed by atoms with van der Waals surface area (Å²) in [5, 5.41) is 2.09. The topological polar surface area (TPSA) is 101 Å². The highest BCUT2D eigenvalue weighted by atomic mass is 79.9. The van der Waals surface area contributed by atoms with Crippen LogP contribution in [0.15, 0.2) is 21.5 Å². The molecule has 0 unspecified atom stereocenters. The molecule has 1 aromatic carbocycles. The molecule has 1 aromatic rings. The summed E-state index contributed by atoms with van der Waals surface area (Å²) < 4.78 is 38.1. The van der Waals surface area contributed by atoms with Crippen LogP contribution in [-0.2, 0) is 10.0 Å². The van der Waals surface area contributed by atoms with Crippen molar-refractivity contribution >= 4 is 37.7 Å². The maximum Gasteiger partial charge on any atom is 0.328 e. The number of benzene rings is 1. The highest BCUT2D eigenvalue weighted by Crippen LogP contribution is 2.26. The molecule has 0 aromatic heterocycles. The molecule has 0 aliphatic carbocycles. The maximum absolute atomic E-state index is 13.0. The Morgan fingerprint density at radius 3 is 2.59 bits per heavy atom. The van der Waals surface area contributed by atoms with Gasteiger partial charge in [0.15, 0.2) is 0 Å². The van der Waals surface area contributed by atoms with Crippen molar-refractivity contribution in [1.82, 2.24) is 10.0 Å². The van der Waals surface area contributed by atoms with Gasteiger partial charge in [-0.2, -0.15) is 0 Å². The van der Waals surface area contributed by atoms with Crippen molar-refractivity contribution in [1.29, 1.82) is 0 Å². The zero-order valence-electron chi connectivity index (χ0n) is 8.62. The van der Waals surface area contributed by atoms with Gasteiger partial charge in [-0.05, 0) is 28.1 Å².